The van der Waals surface area contributed by atoms with Crippen LogP contribution in [0.4, 0.5) is 5.00 Å². The fraction of sp³-hybridized carbons (Fsp3) is 0.375. The normalized spacial score (nSPS) is 20.5. The minimum Gasteiger partial charge on any atom is -0.459 e. The molecule has 3 atom stereocenters. The Hall–Kier alpha value is -1.93. The highest BCUT2D eigenvalue weighted by Gasteiger charge is 2.34. The highest BCUT2D eigenvalue weighted by molar-refractivity contribution is 9.10. The van der Waals surface area contributed by atoms with Crippen molar-refractivity contribution in [3.05, 3.63) is 74.5 Å². The number of thiophene rings is 1. The van der Waals surface area contributed by atoms with E-state index in [4.69, 9.17) is 9.15 Å². The van der Waals surface area contributed by atoms with Gasteiger partial charge in [0.2, 0.25) is 0 Å². The number of nitrogens with one attached hydrogen (secondary N) is 1. The number of hydrogen-bond acceptors (Lipinski definition) is 5. The van der Waals surface area contributed by atoms with Crippen LogP contribution in [-0.2, 0) is 4.74 Å². The summed E-state index contributed by atoms with van der Waals surface area (Å²) in [5.74, 6) is 0.0780. The van der Waals surface area contributed by atoms with Crippen LogP contribution < -0.4 is 5.32 Å². The van der Waals surface area contributed by atoms with E-state index < -0.39 is 0 Å². The number of ether oxygens (including phenoxy) is 1. The topological polar surface area (TPSA) is 54.7 Å². The number of carbonyl (C=O) groups excluding carboxylic acids is 1. The average Bonchev–Trinajstić information content (AvgIpc) is 3.34. The molecule has 4 rings (SSSR count). The van der Waals surface area contributed by atoms with Gasteiger partial charge in [-0.1, -0.05) is 28.1 Å². The van der Waals surface area contributed by atoms with Crippen LogP contribution >= 0.6 is 27.3 Å². The zero-order chi connectivity index (χ0) is 22.1. The fourth-order valence-corrected chi connectivity index (χ4v) is 5.62. The minimum absolute atomic E-state index is 0.0127. The molecule has 0 spiro atoms. The third-order valence-corrected chi connectivity index (χ3v) is 7.34. The molecule has 164 valence electrons. The maximum absolute atomic E-state index is 12.8. The van der Waals surface area contributed by atoms with Gasteiger partial charge in [0, 0.05) is 28.0 Å². The SMILES string of the molecule is Cc1sc(NC(=O)c2ccco2)c([C@@H](c2ccc(Br)cc2)N2C[C@@H](C)O[C@@H](C)C2)c1C. The van der Waals surface area contributed by atoms with E-state index >= 15 is 0 Å². The van der Waals surface area contributed by atoms with Gasteiger partial charge in [0.15, 0.2) is 5.76 Å². The van der Waals surface area contributed by atoms with Crippen LogP contribution in [0.25, 0.3) is 0 Å². The number of aryl methyl sites for hydroxylation is 1. The van der Waals surface area contributed by atoms with Gasteiger partial charge in [-0.05, 0) is 63.1 Å². The molecule has 0 saturated carbocycles. The molecule has 1 fully saturated rings. The van der Waals surface area contributed by atoms with Crippen molar-refractivity contribution in [1.29, 1.82) is 0 Å². The summed E-state index contributed by atoms with van der Waals surface area (Å²) in [4.78, 5) is 16.5. The van der Waals surface area contributed by atoms with Crippen LogP contribution in [0.3, 0.4) is 0 Å². The second-order valence-corrected chi connectivity index (χ2v) is 10.3. The number of hydrogen-bond donors (Lipinski definition) is 1. The van der Waals surface area contributed by atoms with Gasteiger partial charge in [-0.3, -0.25) is 9.69 Å². The molecule has 3 aromatic rings. The Kier molecular flexibility index (Phi) is 6.67. The zero-order valence-electron chi connectivity index (χ0n) is 18.1. The third kappa shape index (κ3) is 4.80. The number of rotatable bonds is 5. The Bertz CT molecular complexity index is 1040. The van der Waals surface area contributed by atoms with Crippen LogP contribution in [0.5, 0.6) is 0 Å². The van der Waals surface area contributed by atoms with Crippen molar-refractivity contribution < 1.29 is 13.9 Å². The van der Waals surface area contributed by atoms with Crippen molar-refractivity contribution in [3.8, 4) is 0 Å². The van der Waals surface area contributed by atoms with Crippen LogP contribution in [0.15, 0.2) is 51.6 Å². The summed E-state index contributed by atoms with van der Waals surface area (Å²) < 4.78 is 12.4. The van der Waals surface area contributed by atoms with Crippen molar-refractivity contribution in [2.45, 2.75) is 45.9 Å². The van der Waals surface area contributed by atoms with Gasteiger partial charge < -0.3 is 14.5 Å². The van der Waals surface area contributed by atoms with E-state index in [1.165, 1.54) is 22.3 Å². The van der Waals surface area contributed by atoms with E-state index in [1.807, 2.05) is 0 Å². The molecule has 1 aromatic carbocycles. The molecule has 5 nitrogen and oxygen atoms in total. The van der Waals surface area contributed by atoms with E-state index in [2.05, 4.69) is 78.1 Å². The molecule has 31 heavy (non-hydrogen) atoms. The predicted octanol–water partition coefficient (Wildman–Crippen LogP) is 6.17. The highest BCUT2D eigenvalue weighted by atomic mass is 79.9. The number of benzene rings is 1. The van der Waals surface area contributed by atoms with E-state index in [-0.39, 0.29) is 24.2 Å². The molecule has 1 N–H and O–H groups in total. The van der Waals surface area contributed by atoms with Crippen LogP contribution in [0.1, 0.15) is 52.0 Å². The first kappa shape index (κ1) is 22.3. The standard InChI is InChI=1S/C24H27BrN2O3S/c1-14-12-27(13-15(2)30-14)22(18-7-9-19(25)10-8-18)21-16(3)17(4)31-24(21)26-23(28)20-6-5-11-29-20/h5-11,14-15,22H,12-13H2,1-4H3,(H,26,28)/t14-,15+,22-/m1/s1. The molecular weight excluding hydrogens is 476 g/mol. The van der Waals surface area contributed by atoms with Gasteiger partial charge >= 0.3 is 0 Å². The highest BCUT2D eigenvalue weighted by Crippen LogP contribution is 2.43. The summed E-state index contributed by atoms with van der Waals surface area (Å²) in [6.07, 6.45) is 1.80. The van der Waals surface area contributed by atoms with Gasteiger partial charge in [0.25, 0.3) is 5.91 Å². The van der Waals surface area contributed by atoms with Gasteiger partial charge in [-0.15, -0.1) is 11.3 Å². The number of morpholine rings is 1. The lowest BCUT2D eigenvalue weighted by molar-refractivity contribution is -0.0765. The predicted molar refractivity (Wildman–Crippen MR) is 128 cm³/mol. The quantitative estimate of drug-likeness (QED) is 0.453. The Labute approximate surface area is 195 Å². The Morgan fingerprint density at radius 2 is 1.84 bits per heavy atom. The molecule has 1 amide bonds. The monoisotopic (exact) mass is 502 g/mol. The van der Waals surface area contributed by atoms with Crippen LogP contribution in [-0.4, -0.2) is 36.1 Å². The van der Waals surface area contributed by atoms with Gasteiger partial charge in [0.05, 0.1) is 24.5 Å². The third-order valence-electron chi connectivity index (χ3n) is 5.68. The fourth-order valence-electron chi connectivity index (χ4n) is 4.27. The largest absolute Gasteiger partial charge is 0.459 e. The summed E-state index contributed by atoms with van der Waals surface area (Å²) in [6.45, 7) is 10.1. The van der Waals surface area contributed by atoms with Crippen molar-refractivity contribution in [2.24, 2.45) is 0 Å². The summed E-state index contributed by atoms with van der Waals surface area (Å²) in [5, 5.41) is 3.99. The zero-order valence-corrected chi connectivity index (χ0v) is 20.5. The molecule has 0 bridgehead atoms. The average molecular weight is 503 g/mol. The van der Waals surface area contributed by atoms with Crippen molar-refractivity contribution in [3.63, 3.8) is 0 Å². The van der Waals surface area contributed by atoms with Crippen LogP contribution in [0, 0.1) is 13.8 Å². The van der Waals surface area contributed by atoms with E-state index in [9.17, 15) is 4.79 Å². The number of nitrogens with zero attached hydrogens (tertiary/aromatic N) is 1. The van der Waals surface area contributed by atoms with Crippen molar-refractivity contribution >= 4 is 38.2 Å². The molecular formula is C24H27BrN2O3S. The summed E-state index contributed by atoms with van der Waals surface area (Å²) in [7, 11) is 0. The summed E-state index contributed by atoms with van der Waals surface area (Å²) in [5.41, 5.74) is 3.55. The molecule has 1 aliphatic rings. The number of carbonyl (C=O) groups is 1. The first-order valence-electron chi connectivity index (χ1n) is 10.4. The first-order valence-corrected chi connectivity index (χ1v) is 12.0. The van der Waals surface area contributed by atoms with E-state index in [0.29, 0.717) is 5.76 Å². The Morgan fingerprint density at radius 3 is 2.45 bits per heavy atom. The van der Waals surface area contributed by atoms with Crippen molar-refractivity contribution in [2.75, 3.05) is 18.4 Å². The Balaban J connectivity index is 1.79. The van der Waals surface area contributed by atoms with Gasteiger partial charge in [-0.2, -0.15) is 0 Å². The molecule has 2 aromatic heterocycles. The molecule has 1 aliphatic heterocycles. The lowest BCUT2D eigenvalue weighted by atomic mass is 9.94. The maximum atomic E-state index is 12.8. The number of furan rings is 1. The lowest BCUT2D eigenvalue weighted by Gasteiger charge is -2.41. The smallest absolute Gasteiger partial charge is 0.291 e. The minimum atomic E-state index is -0.231. The van der Waals surface area contributed by atoms with Crippen LogP contribution in [0.2, 0.25) is 0 Å². The molecule has 0 aliphatic carbocycles. The lowest BCUT2D eigenvalue weighted by Crippen LogP contribution is -2.47. The van der Waals surface area contributed by atoms with E-state index in [1.54, 1.807) is 23.5 Å². The van der Waals surface area contributed by atoms with E-state index in [0.717, 1.165) is 28.1 Å². The molecule has 3 heterocycles. The molecule has 0 unspecified atom stereocenters. The van der Waals surface area contributed by atoms with Gasteiger partial charge in [0.1, 0.15) is 5.00 Å². The molecule has 1 saturated heterocycles. The van der Waals surface area contributed by atoms with Gasteiger partial charge in [-0.25, -0.2) is 0 Å². The molecule has 7 heteroatoms. The summed E-state index contributed by atoms with van der Waals surface area (Å²) in [6, 6.07) is 11.9. The molecule has 0 radical (unpaired) electrons. The number of halogens is 1. The Morgan fingerprint density at radius 1 is 1.16 bits per heavy atom. The second-order valence-electron chi connectivity index (χ2n) is 8.12. The maximum Gasteiger partial charge on any atom is 0.291 e. The summed E-state index contributed by atoms with van der Waals surface area (Å²) >= 11 is 5.17. The number of anilines is 1. The van der Waals surface area contributed by atoms with Crippen molar-refractivity contribution in [1.82, 2.24) is 4.90 Å². The second kappa shape index (κ2) is 9.28. The number of amides is 1. The first-order chi connectivity index (χ1) is 14.8.